The number of benzene rings is 4. The van der Waals surface area contributed by atoms with Crippen molar-refractivity contribution < 1.29 is 18.9 Å². The first-order valence-corrected chi connectivity index (χ1v) is 16.5. The highest BCUT2D eigenvalue weighted by atomic mass is 16.5. The van der Waals surface area contributed by atoms with E-state index >= 15 is 0 Å². The van der Waals surface area contributed by atoms with Crippen LogP contribution in [0.15, 0.2) is 84.9 Å². The Balaban J connectivity index is 1.43. The standard InChI is InChI=1S/C42H44O4/c1-43-39-17-11-15-35(29-39)23-25-37-31-42-38(26-24-36-16-12-18-40(30-36)44-2)32-41(37)45-27-9-5-3-7-13-33-19-21-34(22-20-33)14-8-4-6-10-28-46-42/h11-12,15-22,29-32H,3-10,13-14,27-28H2,1-2H3. The number of hydrogen-bond acceptors (Lipinski definition) is 4. The molecule has 4 aromatic carbocycles. The Labute approximate surface area is 275 Å². The first-order valence-electron chi connectivity index (χ1n) is 16.5. The second kappa shape index (κ2) is 17.6. The maximum atomic E-state index is 6.41. The van der Waals surface area contributed by atoms with Crippen LogP contribution in [0, 0.1) is 23.7 Å². The molecule has 4 heterocycles. The van der Waals surface area contributed by atoms with Crippen molar-refractivity contribution in [1.29, 1.82) is 0 Å². The second-order valence-corrected chi connectivity index (χ2v) is 11.7. The molecule has 0 aliphatic carbocycles. The van der Waals surface area contributed by atoms with Gasteiger partial charge in [-0.15, -0.1) is 0 Å². The number of hydrogen-bond donors (Lipinski definition) is 0. The molecule has 0 aromatic heterocycles. The van der Waals surface area contributed by atoms with Gasteiger partial charge in [-0.3, -0.25) is 0 Å². The minimum Gasteiger partial charge on any atom is -0.497 e. The molecule has 4 bridgehead atoms. The predicted molar refractivity (Wildman–Crippen MR) is 186 cm³/mol. The molecule has 236 valence electrons. The Morgan fingerprint density at radius 1 is 0.478 bits per heavy atom. The molecule has 4 aromatic rings. The smallest absolute Gasteiger partial charge is 0.136 e. The molecule has 4 aliphatic rings. The van der Waals surface area contributed by atoms with Crippen molar-refractivity contribution in [3.63, 3.8) is 0 Å². The SMILES string of the molecule is COc1cccc(C#Cc2cc3c(C#Cc4cccc(OC)c4)cc2OCCCCCCc2ccc(cc2)CCCCCCO3)c1. The van der Waals surface area contributed by atoms with Crippen molar-refractivity contribution >= 4 is 0 Å². The Morgan fingerprint density at radius 3 is 1.35 bits per heavy atom. The van der Waals surface area contributed by atoms with E-state index < -0.39 is 0 Å². The van der Waals surface area contributed by atoms with E-state index in [1.54, 1.807) is 14.2 Å². The van der Waals surface area contributed by atoms with Crippen LogP contribution in [0.25, 0.3) is 0 Å². The van der Waals surface area contributed by atoms with E-state index in [9.17, 15) is 0 Å². The minimum atomic E-state index is 0.617. The topological polar surface area (TPSA) is 36.9 Å². The molecule has 4 aliphatic heterocycles. The first-order chi connectivity index (χ1) is 22.7. The van der Waals surface area contributed by atoms with Crippen LogP contribution in [0.3, 0.4) is 0 Å². The van der Waals surface area contributed by atoms with Crippen molar-refractivity contribution in [2.45, 2.75) is 64.2 Å². The van der Waals surface area contributed by atoms with Crippen LogP contribution in [-0.2, 0) is 12.8 Å². The van der Waals surface area contributed by atoms with E-state index in [4.69, 9.17) is 18.9 Å². The van der Waals surface area contributed by atoms with Gasteiger partial charge in [-0.25, -0.2) is 0 Å². The highest BCUT2D eigenvalue weighted by molar-refractivity contribution is 5.61. The zero-order valence-corrected chi connectivity index (χ0v) is 27.2. The Bertz CT molecular complexity index is 1550. The maximum Gasteiger partial charge on any atom is 0.136 e. The van der Waals surface area contributed by atoms with Crippen LogP contribution >= 0.6 is 0 Å². The Morgan fingerprint density at radius 2 is 0.913 bits per heavy atom. The molecule has 0 unspecified atom stereocenters. The summed E-state index contributed by atoms with van der Waals surface area (Å²) in [5.41, 5.74) is 6.18. The third kappa shape index (κ3) is 10.1. The van der Waals surface area contributed by atoms with Crippen molar-refractivity contribution in [2.75, 3.05) is 27.4 Å². The fourth-order valence-corrected chi connectivity index (χ4v) is 5.48. The van der Waals surface area contributed by atoms with Gasteiger partial charge in [0.05, 0.1) is 38.6 Å². The Hall–Kier alpha value is -4.80. The molecule has 0 amide bonds. The maximum absolute atomic E-state index is 6.41. The van der Waals surface area contributed by atoms with Gasteiger partial charge in [0.2, 0.25) is 0 Å². The lowest BCUT2D eigenvalue weighted by Gasteiger charge is -2.14. The summed E-state index contributed by atoms with van der Waals surface area (Å²) < 4.78 is 23.6. The Kier molecular flexibility index (Phi) is 12.5. The van der Waals surface area contributed by atoms with Gasteiger partial charge in [0.15, 0.2) is 0 Å². The number of methoxy groups -OCH3 is 2. The molecule has 0 N–H and O–H groups in total. The van der Waals surface area contributed by atoms with Gasteiger partial charge in [-0.2, -0.15) is 0 Å². The van der Waals surface area contributed by atoms with Crippen molar-refractivity contribution in [3.8, 4) is 46.7 Å². The molecule has 8 rings (SSSR count). The van der Waals surface area contributed by atoms with Crippen molar-refractivity contribution in [2.24, 2.45) is 0 Å². The van der Waals surface area contributed by atoms with E-state index in [1.807, 2.05) is 60.7 Å². The van der Waals surface area contributed by atoms with E-state index in [0.717, 1.165) is 83.8 Å². The fourth-order valence-electron chi connectivity index (χ4n) is 5.48. The third-order valence-electron chi connectivity index (χ3n) is 8.16. The molecule has 0 spiro atoms. The van der Waals surface area contributed by atoms with Gasteiger partial charge >= 0.3 is 0 Å². The molecule has 4 heteroatoms. The van der Waals surface area contributed by atoms with Crippen LogP contribution < -0.4 is 18.9 Å². The molecule has 46 heavy (non-hydrogen) atoms. The summed E-state index contributed by atoms with van der Waals surface area (Å²) in [5, 5.41) is 0. The summed E-state index contributed by atoms with van der Waals surface area (Å²) in [7, 11) is 3.33. The van der Waals surface area contributed by atoms with E-state index in [-0.39, 0.29) is 0 Å². The zero-order chi connectivity index (χ0) is 31.8. The summed E-state index contributed by atoms with van der Waals surface area (Å²) in [5.74, 6) is 16.3. The summed E-state index contributed by atoms with van der Waals surface area (Å²) in [6, 6.07) is 28.8. The first kappa shape index (κ1) is 32.6. The molecular formula is C42H44O4. The monoisotopic (exact) mass is 612 g/mol. The molecule has 0 atom stereocenters. The van der Waals surface area contributed by atoms with Crippen molar-refractivity contribution in [3.05, 3.63) is 118 Å². The summed E-state index contributed by atoms with van der Waals surface area (Å²) in [6.07, 6.45) is 11.2. The molecule has 0 fully saturated rings. The van der Waals surface area contributed by atoms with Gasteiger partial charge in [-0.1, -0.05) is 85.8 Å². The lowest BCUT2D eigenvalue weighted by atomic mass is 10.0. The van der Waals surface area contributed by atoms with Crippen LogP contribution in [-0.4, -0.2) is 27.4 Å². The van der Waals surface area contributed by atoms with Crippen molar-refractivity contribution in [1.82, 2.24) is 0 Å². The second-order valence-electron chi connectivity index (χ2n) is 11.7. The summed E-state index contributed by atoms with van der Waals surface area (Å²) in [4.78, 5) is 0. The number of rotatable bonds is 2. The lowest BCUT2D eigenvalue weighted by molar-refractivity contribution is 0.295. The van der Waals surface area contributed by atoms with E-state index in [1.165, 1.54) is 36.8 Å². The van der Waals surface area contributed by atoms with Gasteiger partial charge in [0.1, 0.15) is 23.0 Å². The highest BCUT2D eigenvalue weighted by Crippen LogP contribution is 2.30. The molecular weight excluding hydrogens is 568 g/mol. The predicted octanol–water partition coefficient (Wildman–Crippen LogP) is 9.18. The van der Waals surface area contributed by atoms with Crippen LogP contribution in [0.1, 0.15) is 84.7 Å². The lowest BCUT2D eigenvalue weighted by Crippen LogP contribution is -2.03. The molecule has 0 saturated carbocycles. The summed E-state index contributed by atoms with van der Waals surface area (Å²) in [6.45, 7) is 1.23. The van der Waals surface area contributed by atoms with Gasteiger partial charge in [0.25, 0.3) is 0 Å². The fraction of sp³-hybridized carbons (Fsp3) is 0.333. The molecule has 0 saturated heterocycles. The van der Waals surface area contributed by atoms with Crippen LogP contribution in [0.4, 0.5) is 0 Å². The van der Waals surface area contributed by atoms with Crippen LogP contribution in [0.5, 0.6) is 23.0 Å². The minimum absolute atomic E-state index is 0.617. The highest BCUT2D eigenvalue weighted by Gasteiger charge is 2.12. The zero-order valence-electron chi connectivity index (χ0n) is 27.2. The number of aryl methyl sites for hydroxylation is 2. The van der Waals surface area contributed by atoms with E-state index in [2.05, 4.69) is 47.9 Å². The number of ether oxygens (including phenoxy) is 4. The van der Waals surface area contributed by atoms with Gasteiger partial charge < -0.3 is 18.9 Å². The average molecular weight is 613 g/mol. The van der Waals surface area contributed by atoms with Gasteiger partial charge in [-0.05, 0) is 86.1 Å². The quantitative estimate of drug-likeness (QED) is 0.212. The third-order valence-corrected chi connectivity index (χ3v) is 8.16. The van der Waals surface area contributed by atoms with E-state index in [0.29, 0.717) is 13.2 Å². The largest absolute Gasteiger partial charge is 0.497 e. The van der Waals surface area contributed by atoms with Gasteiger partial charge in [0, 0.05) is 23.3 Å². The molecule has 4 nitrogen and oxygen atoms in total. The average Bonchev–Trinajstić information content (AvgIpc) is 3.10. The molecule has 0 radical (unpaired) electrons. The summed E-state index contributed by atoms with van der Waals surface area (Å²) >= 11 is 0. The van der Waals surface area contributed by atoms with Crippen LogP contribution in [0.2, 0.25) is 0 Å². The normalized spacial score (nSPS) is 14.1.